The summed E-state index contributed by atoms with van der Waals surface area (Å²) in [5.41, 5.74) is 7.46. The molecule has 142 valence electrons. The Balaban J connectivity index is 1.45. The molecule has 0 amide bonds. The summed E-state index contributed by atoms with van der Waals surface area (Å²) in [6, 6.07) is 6.90. The molecule has 1 aromatic carbocycles. The molecule has 5 nitrogen and oxygen atoms in total. The topological polar surface area (TPSA) is 78.6 Å². The lowest BCUT2D eigenvalue weighted by Crippen LogP contribution is -2.65. The second kappa shape index (κ2) is 5.80. The Labute approximate surface area is 156 Å². The Kier molecular flexibility index (Phi) is 4.12. The molecule has 2 bridgehead atoms. The first kappa shape index (κ1) is 18.5. The highest BCUT2D eigenvalue weighted by Gasteiger charge is 2.68. The van der Waals surface area contributed by atoms with E-state index in [4.69, 9.17) is 15.0 Å². The molecule has 0 aromatic heterocycles. The van der Waals surface area contributed by atoms with Gasteiger partial charge in [0.1, 0.15) is 0 Å². The van der Waals surface area contributed by atoms with Crippen LogP contribution in [0.3, 0.4) is 0 Å². The van der Waals surface area contributed by atoms with Crippen LogP contribution < -0.4 is 5.73 Å². The molecule has 3 aliphatic carbocycles. The SMILES string of the molecule is CC1(C)[C@@H]2C[C@H]3OB([C@@H](N)Cc4ccc(S(C)(=O)=O)cc4)O[C@@]3(C)[C@H]1C2. The second-order valence-electron chi connectivity index (χ2n) is 9.12. The third-order valence-corrected chi connectivity index (χ3v) is 8.27. The summed E-state index contributed by atoms with van der Waals surface area (Å²) >= 11 is 0. The zero-order valence-corrected chi connectivity index (χ0v) is 16.8. The standard InChI is InChI=1S/C19H28BNO4S/c1-18(2)13-10-15(18)19(3)16(11-13)24-20(25-19)17(21)9-12-5-7-14(8-6-12)26(4,22)23/h5-8,13,15-17H,9-11,21H2,1-4H3/t13-,15-,16+,17-,19-/m0/s1. The fourth-order valence-electron chi connectivity index (χ4n) is 5.32. The molecule has 4 aliphatic rings. The minimum atomic E-state index is -3.18. The maximum absolute atomic E-state index is 11.6. The van der Waals surface area contributed by atoms with Crippen LogP contribution >= 0.6 is 0 Å². The van der Waals surface area contributed by atoms with Gasteiger partial charge in [-0.25, -0.2) is 8.42 Å². The molecule has 1 heterocycles. The largest absolute Gasteiger partial charge is 0.475 e. The van der Waals surface area contributed by atoms with Crippen LogP contribution in [0.4, 0.5) is 0 Å². The van der Waals surface area contributed by atoms with Gasteiger partial charge in [0.25, 0.3) is 0 Å². The Bertz CT molecular complexity index is 809. The fraction of sp³-hybridized carbons (Fsp3) is 0.684. The Morgan fingerprint density at radius 1 is 1.23 bits per heavy atom. The molecule has 3 saturated carbocycles. The van der Waals surface area contributed by atoms with Crippen LogP contribution in [-0.2, 0) is 25.6 Å². The summed E-state index contributed by atoms with van der Waals surface area (Å²) in [6.07, 6.45) is 4.20. The summed E-state index contributed by atoms with van der Waals surface area (Å²) in [7, 11) is -3.59. The maximum atomic E-state index is 11.6. The van der Waals surface area contributed by atoms with Crippen molar-refractivity contribution in [3.63, 3.8) is 0 Å². The Morgan fingerprint density at radius 3 is 2.46 bits per heavy atom. The molecule has 7 heteroatoms. The summed E-state index contributed by atoms with van der Waals surface area (Å²) in [6.45, 7) is 6.87. The van der Waals surface area contributed by atoms with Crippen LogP contribution in [0.5, 0.6) is 0 Å². The minimum Gasteiger partial charge on any atom is -0.404 e. The average molecular weight is 377 g/mol. The van der Waals surface area contributed by atoms with Crippen LogP contribution in [0.25, 0.3) is 0 Å². The van der Waals surface area contributed by atoms with Gasteiger partial charge in [0, 0.05) is 12.2 Å². The van der Waals surface area contributed by atoms with Crippen molar-refractivity contribution < 1.29 is 17.7 Å². The molecule has 0 spiro atoms. The van der Waals surface area contributed by atoms with E-state index in [1.54, 1.807) is 12.1 Å². The van der Waals surface area contributed by atoms with Gasteiger partial charge in [0.05, 0.1) is 16.6 Å². The number of hydrogen-bond acceptors (Lipinski definition) is 5. The van der Waals surface area contributed by atoms with Crippen LogP contribution in [-0.4, -0.2) is 39.4 Å². The van der Waals surface area contributed by atoms with Gasteiger partial charge in [-0.05, 0) is 61.1 Å². The second-order valence-corrected chi connectivity index (χ2v) is 11.1. The van der Waals surface area contributed by atoms with E-state index in [1.165, 1.54) is 12.7 Å². The highest BCUT2D eigenvalue weighted by Crippen LogP contribution is 2.65. The van der Waals surface area contributed by atoms with Gasteiger partial charge in [-0.2, -0.15) is 0 Å². The van der Waals surface area contributed by atoms with Crippen molar-refractivity contribution in [2.24, 2.45) is 23.0 Å². The molecule has 1 saturated heterocycles. The quantitative estimate of drug-likeness (QED) is 0.815. The zero-order chi connectivity index (χ0) is 18.9. The first-order chi connectivity index (χ1) is 12.0. The average Bonchev–Trinajstić information content (AvgIpc) is 2.91. The minimum absolute atomic E-state index is 0.128. The Hall–Kier alpha value is -0.885. The van der Waals surface area contributed by atoms with Crippen LogP contribution in [0, 0.1) is 17.3 Å². The van der Waals surface area contributed by atoms with Gasteiger partial charge in [-0.15, -0.1) is 0 Å². The smallest absolute Gasteiger partial charge is 0.404 e. The molecule has 4 fully saturated rings. The summed E-state index contributed by atoms with van der Waals surface area (Å²) in [4.78, 5) is 0.323. The lowest BCUT2D eigenvalue weighted by atomic mass is 9.43. The third kappa shape index (κ3) is 2.75. The van der Waals surface area contributed by atoms with Crippen LogP contribution in [0.15, 0.2) is 29.2 Å². The number of sulfone groups is 1. The molecule has 0 radical (unpaired) electrons. The summed E-state index contributed by atoms with van der Waals surface area (Å²) in [5, 5.41) is 0. The van der Waals surface area contributed by atoms with Crippen molar-refractivity contribution in [2.75, 3.05) is 6.26 Å². The lowest BCUT2D eigenvalue weighted by Gasteiger charge is -2.64. The predicted molar refractivity (Wildman–Crippen MR) is 101 cm³/mol. The van der Waals surface area contributed by atoms with Crippen LogP contribution in [0.2, 0.25) is 0 Å². The molecular weight excluding hydrogens is 349 g/mol. The molecular formula is C19H28BNO4S. The van der Waals surface area contributed by atoms with Crippen molar-refractivity contribution in [2.45, 2.75) is 62.6 Å². The van der Waals surface area contributed by atoms with E-state index < -0.39 is 17.0 Å². The molecule has 2 N–H and O–H groups in total. The monoisotopic (exact) mass is 377 g/mol. The van der Waals surface area contributed by atoms with E-state index in [-0.39, 0.29) is 17.6 Å². The van der Waals surface area contributed by atoms with Gasteiger partial charge < -0.3 is 15.0 Å². The highest BCUT2D eigenvalue weighted by molar-refractivity contribution is 7.90. The molecule has 1 aliphatic heterocycles. The Morgan fingerprint density at radius 2 is 1.88 bits per heavy atom. The lowest BCUT2D eigenvalue weighted by molar-refractivity contribution is -0.199. The van der Waals surface area contributed by atoms with Gasteiger partial charge in [-0.3, -0.25) is 0 Å². The normalized spacial score (nSPS) is 36.3. The van der Waals surface area contributed by atoms with Crippen molar-refractivity contribution in [1.82, 2.24) is 0 Å². The van der Waals surface area contributed by atoms with Gasteiger partial charge in [0.2, 0.25) is 0 Å². The number of nitrogens with two attached hydrogens (primary N) is 1. The molecule has 5 atom stereocenters. The van der Waals surface area contributed by atoms with E-state index in [0.29, 0.717) is 28.6 Å². The van der Waals surface area contributed by atoms with Gasteiger partial charge >= 0.3 is 7.12 Å². The van der Waals surface area contributed by atoms with Gasteiger partial charge in [0.15, 0.2) is 9.84 Å². The first-order valence-corrected chi connectivity index (χ1v) is 11.3. The fourth-order valence-corrected chi connectivity index (χ4v) is 5.95. The molecule has 0 unspecified atom stereocenters. The van der Waals surface area contributed by atoms with Gasteiger partial charge in [-0.1, -0.05) is 26.0 Å². The highest BCUT2D eigenvalue weighted by atomic mass is 32.2. The number of rotatable bonds is 4. The van der Waals surface area contributed by atoms with Crippen molar-refractivity contribution in [1.29, 1.82) is 0 Å². The molecule has 1 aromatic rings. The van der Waals surface area contributed by atoms with E-state index in [2.05, 4.69) is 20.8 Å². The first-order valence-electron chi connectivity index (χ1n) is 9.39. The predicted octanol–water partition coefficient (Wildman–Crippen LogP) is 2.23. The maximum Gasteiger partial charge on any atom is 0.475 e. The third-order valence-electron chi connectivity index (χ3n) is 7.14. The number of benzene rings is 1. The van der Waals surface area contributed by atoms with Crippen molar-refractivity contribution in [3.05, 3.63) is 29.8 Å². The van der Waals surface area contributed by atoms with Crippen molar-refractivity contribution >= 4 is 17.0 Å². The van der Waals surface area contributed by atoms with E-state index in [9.17, 15) is 8.42 Å². The molecule has 26 heavy (non-hydrogen) atoms. The summed E-state index contributed by atoms with van der Waals surface area (Å²) < 4.78 is 35.8. The molecule has 5 rings (SSSR count). The number of hydrogen-bond donors (Lipinski definition) is 1. The van der Waals surface area contributed by atoms with E-state index in [1.807, 2.05) is 12.1 Å². The summed E-state index contributed by atoms with van der Waals surface area (Å²) in [5.74, 6) is 0.958. The van der Waals surface area contributed by atoms with E-state index >= 15 is 0 Å². The van der Waals surface area contributed by atoms with E-state index in [0.717, 1.165) is 12.0 Å². The van der Waals surface area contributed by atoms with Crippen LogP contribution in [0.1, 0.15) is 39.2 Å². The zero-order valence-electron chi connectivity index (χ0n) is 15.9. The van der Waals surface area contributed by atoms with Crippen molar-refractivity contribution in [3.8, 4) is 0 Å².